The first kappa shape index (κ1) is 70.5. The van der Waals surface area contributed by atoms with E-state index in [-0.39, 0.29) is 47.2 Å². The van der Waals surface area contributed by atoms with Crippen molar-refractivity contribution in [2.75, 3.05) is 52.3 Å². The summed E-state index contributed by atoms with van der Waals surface area (Å²) in [4.78, 5) is 61.5. The predicted molar refractivity (Wildman–Crippen MR) is 387 cm³/mol. The number of rotatable bonds is 28. The molecule has 29 nitrogen and oxygen atoms in total. The molecule has 6 heterocycles. The van der Waals surface area contributed by atoms with E-state index in [1.54, 1.807) is 89.1 Å². The van der Waals surface area contributed by atoms with Crippen molar-refractivity contribution >= 4 is 54.0 Å². The number of carbonyl (C=O) groups is 2. The average Bonchev–Trinajstić information content (AvgIpc) is 1.25. The number of aromatic nitrogens is 8. The Morgan fingerprint density at radius 1 is 0.453 bits per heavy atom. The Morgan fingerprint density at radius 3 is 1.08 bits per heavy atom. The van der Waals surface area contributed by atoms with Crippen molar-refractivity contribution in [3.05, 3.63) is 309 Å². The lowest BCUT2D eigenvalue weighted by atomic mass is 9.80. The lowest BCUT2D eigenvalue weighted by Gasteiger charge is -2.37. The third kappa shape index (κ3) is 14.0. The normalized spacial score (nSPS) is 18.6. The highest BCUT2D eigenvalue weighted by Crippen LogP contribution is 2.50. The molecule has 106 heavy (non-hydrogen) atoms. The molecule has 2 saturated heterocycles. The summed E-state index contributed by atoms with van der Waals surface area (Å²) in [7, 11) is 2.72. The van der Waals surface area contributed by atoms with Crippen LogP contribution < -0.4 is 29.6 Å². The van der Waals surface area contributed by atoms with Gasteiger partial charge in [-0.05, 0) is 117 Å². The summed E-state index contributed by atoms with van der Waals surface area (Å²) >= 11 is 0. The van der Waals surface area contributed by atoms with Gasteiger partial charge in [-0.15, -0.1) is 9.05 Å². The van der Waals surface area contributed by atoms with Gasteiger partial charge < -0.3 is 48.5 Å². The van der Waals surface area contributed by atoms with Crippen LogP contribution in [0.4, 0.5) is 11.6 Å². The molecule has 0 unspecified atom stereocenters. The van der Waals surface area contributed by atoms with Crippen LogP contribution in [0, 0.1) is 0 Å². The van der Waals surface area contributed by atoms with Crippen LogP contribution in [0.2, 0.25) is 0 Å². The van der Waals surface area contributed by atoms with Crippen LogP contribution in [0.1, 0.15) is 66.6 Å². The van der Waals surface area contributed by atoms with Gasteiger partial charge in [-0.1, -0.05) is 156 Å². The molecule has 14 rings (SSSR count). The van der Waals surface area contributed by atoms with Crippen LogP contribution in [0.15, 0.2) is 254 Å². The molecule has 8 aromatic carbocycles. The summed E-state index contributed by atoms with van der Waals surface area (Å²) in [6.07, 6.45) is -3.45. The first-order valence-corrected chi connectivity index (χ1v) is 34.3. The van der Waals surface area contributed by atoms with E-state index in [0.717, 1.165) is 0 Å². The van der Waals surface area contributed by atoms with E-state index < -0.39 is 80.2 Å². The quantitative estimate of drug-likeness (QED) is 0.0151. The van der Waals surface area contributed by atoms with Crippen molar-refractivity contribution in [1.29, 1.82) is 0 Å². The van der Waals surface area contributed by atoms with Gasteiger partial charge >= 0.3 is 8.25 Å². The van der Waals surface area contributed by atoms with Gasteiger partial charge in [0.25, 0.3) is 11.8 Å². The van der Waals surface area contributed by atoms with Crippen LogP contribution in [0.5, 0.6) is 23.0 Å². The zero-order chi connectivity index (χ0) is 73.2. The topological polar surface area (TPSA) is 352 Å². The number of nitrogens with zero attached hydrogens (tertiary/aromatic N) is 14. The number of nitrogens with one attached hydrogen (secondary N) is 2. The fraction of sp³-hybridized carbons (Fsp3) is 0.211. The van der Waals surface area contributed by atoms with E-state index in [1.165, 1.54) is 34.4 Å². The largest absolute Gasteiger partial charge is 0.698 e. The molecule has 0 aliphatic carbocycles. The number of methoxy groups -OCH3 is 4. The minimum Gasteiger partial charge on any atom is -0.497 e. The second-order valence-corrected chi connectivity index (χ2v) is 25.1. The minimum absolute atomic E-state index is 0.0347. The molecule has 8 atom stereocenters. The van der Waals surface area contributed by atoms with Crippen molar-refractivity contribution in [2.24, 2.45) is 10.2 Å². The van der Waals surface area contributed by atoms with E-state index >= 15 is 4.57 Å². The van der Waals surface area contributed by atoms with Gasteiger partial charge in [-0.3, -0.25) is 18.7 Å². The van der Waals surface area contributed by atoms with Crippen LogP contribution in [-0.2, 0) is 43.8 Å². The maximum absolute atomic E-state index is 15.8. The number of benzene rings is 8. The monoisotopic (exact) mass is 1440 g/mol. The Balaban J connectivity index is 0.868. The Labute approximate surface area is 606 Å². The average molecular weight is 1440 g/mol. The van der Waals surface area contributed by atoms with Crippen molar-refractivity contribution < 1.29 is 61.1 Å². The van der Waals surface area contributed by atoms with Crippen molar-refractivity contribution in [3.63, 3.8) is 0 Å². The summed E-state index contributed by atoms with van der Waals surface area (Å²) in [5, 5.41) is 14.3. The Hall–Kier alpha value is -12.5. The molecule has 532 valence electrons. The van der Waals surface area contributed by atoms with Gasteiger partial charge in [0.15, 0.2) is 58.6 Å². The summed E-state index contributed by atoms with van der Waals surface area (Å²) in [5.41, 5.74) is 23.7. The molecule has 0 radical (unpaired) electrons. The lowest BCUT2D eigenvalue weighted by Crippen LogP contribution is -2.39. The van der Waals surface area contributed by atoms with Gasteiger partial charge in [0, 0.05) is 25.5 Å². The van der Waals surface area contributed by atoms with Gasteiger partial charge in [-0.2, -0.15) is 0 Å². The molecule has 2 fully saturated rings. The molecule has 2 N–H and O–H groups in total. The second-order valence-electron chi connectivity index (χ2n) is 24.2. The molecule has 30 heteroatoms. The Bertz CT molecular complexity index is 4760. The van der Waals surface area contributed by atoms with Crippen LogP contribution in [0.3, 0.4) is 0 Å². The van der Waals surface area contributed by atoms with Crippen LogP contribution in [-0.4, -0.2) is 129 Å². The number of azide groups is 2. The molecule has 0 spiro atoms. The van der Waals surface area contributed by atoms with Gasteiger partial charge in [0.05, 0.1) is 66.5 Å². The molecule has 2 aliphatic heterocycles. The van der Waals surface area contributed by atoms with Gasteiger partial charge in [0.1, 0.15) is 58.9 Å². The van der Waals surface area contributed by atoms with Crippen LogP contribution in [0.25, 0.3) is 43.2 Å². The Morgan fingerprint density at radius 2 is 0.764 bits per heavy atom. The molecule has 12 aromatic rings. The zero-order valence-electron chi connectivity index (χ0n) is 57.1. The number of hydrogen-bond donors (Lipinski definition) is 2. The van der Waals surface area contributed by atoms with Crippen molar-refractivity contribution in [1.82, 2.24) is 39.0 Å². The maximum atomic E-state index is 15.8. The third-order valence-corrected chi connectivity index (χ3v) is 19.3. The fourth-order valence-electron chi connectivity index (χ4n) is 13.4. The highest BCUT2D eigenvalue weighted by molar-refractivity contribution is 7.33. The number of carbonyl (C=O) groups excluding carboxylic acids is 2. The summed E-state index contributed by atoms with van der Waals surface area (Å²) in [6.45, 7) is -0.713. The Kier molecular flexibility index (Phi) is 21.0. The number of anilines is 2. The molecular weight excluding hydrogens is 1380 g/mol. The highest BCUT2D eigenvalue weighted by Gasteiger charge is 2.57. The molecule has 2 aliphatic rings. The summed E-state index contributed by atoms with van der Waals surface area (Å²) in [6, 6.07) is 62.6. The summed E-state index contributed by atoms with van der Waals surface area (Å²) in [5.74, 6) is 1.41. The molecular formula is C76H66N16O13P+. The molecule has 0 bridgehead atoms. The molecule has 4 aromatic heterocycles. The SMILES string of the molecule is COc1ccc(C(OC[C@H]2O[C@@H](n3cnc4c(NC(=O)c5ccccc5)ncnc43)[C@H](O[P+](=O)O[C@@H]3[C@H](N=[N+]=[N-])[C@@H](COC(c4ccccc4)(c4ccc(OC)cc4)c4ccc(OC)cc4)O[C@H]3n3cnc4c(NC(=O)c5ccccc5)ncnc43)[C@@H]2N=[N+]=[N-])(c2ccccc2)c2ccc(OC)cc2)cc1. The van der Waals surface area contributed by atoms with E-state index in [4.69, 9.17) is 46.9 Å². The smallest absolute Gasteiger partial charge is 0.497 e. The minimum atomic E-state index is -3.55. The summed E-state index contributed by atoms with van der Waals surface area (Å²) < 4.78 is 83.5. The number of amides is 2. The number of fused-ring (bicyclic) bond motifs is 2. The first-order valence-electron chi connectivity index (χ1n) is 33.2. The maximum Gasteiger partial charge on any atom is 0.698 e. The molecule has 0 saturated carbocycles. The van der Waals surface area contributed by atoms with E-state index in [1.807, 2.05) is 158 Å². The predicted octanol–water partition coefficient (Wildman–Crippen LogP) is 13.8. The standard InChI is InChI=1S/C76H65N16O13P/c1-96-55-33-25-51(26-34-55)75(49-21-13-7-14-22-49,52-27-35-56(97-2)36-28-52)100-41-59-61(87-89-77)65(73(102-59)91-45-83-63-67(79-43-81-69(63)91)85-71(93)47-17-9-5-10-18-47)104-106(95)105-66-62(88-90-78)60(103-74(66)92-46-84-64-68(80-44-82-70(64)92)86-72(94)48-19-11-6-12-20-48)42-101-76(50-23-15-8-16-24-50,53-29-37-57(98-3)38-30-53)54-31-39-58(99-4)40-32-54/h5-40,43-46,59-62,65-66,73-74H,41-42H2,1-4H3,(H-,79,80,81,82,85,86,93,94)/p+1/t59-,60-,61-,62-,65-,66-,73-,74-/m1/s1. The van der Waals surface area contributed by atoms with Gasteiger partial charge in [-0.25, -0.2) is 29.9 Å². The number of hydrogen-bond acceptors (Lipinski definition) is 21. The van der Waals surface area contributed by atoms with Crippen LogP contribution >= 0.6 is 8.25 Å². The van der Waals surface area contributed by atoms with Gasteiger partial charge in [0.2, 0.25) is 0 Å². The van der Waals surface area contributed by atoms with Crippen molar-refractivity contribution in [2.45, 2.75) is 60.2 Å². The lowest BCUT2D eigenvalue weighted by molar-refractivity contribution is -0.0876. The number of ether oxygens (including phenoxy) is 8. The van der Waals surface area contributed by atoms with E-state index in [9.17, 15) is 20.7 Å². The van der Waals surface area contributed by atoms with E-state index in [0.29, 0.717) is 67.5 Å². The van der Waals surface area contributed by atoms with E-state index in [2.05, 4.69) is 60.6 Å². The zero-order valence-corrected chi connectivity index (χ0v) is 58.0. The van der Waals surface area contributed by atoms with Crippen molar-refractivity contribution in [3.8, 4) is 23.0 Å². The first-order chi connectivity index (χ1) is 52.0. The fourth-order valence-corrected chi connectivity index (χ4v) is 14.3. The second kappa shape index (κ2) is 31.6. The highest BCUT2D eigenvalue weighted by atomic mass is 31.1. The number of imidazole rings is 2. The molecule has 2 amide bonds. The third-order valence-electron chi connectivity index (χ3n) is 18.5.